The molecule has 12 heteroatoms. The highest BCUT2D eigenvalue weighted by Crippen LogP contribution is 2.45. The van der Waals surface area contributed by atoms with Crippen LogP contribution >= 0.6 is 22.9 Å². The number of halogens is 5. The summed E-state index contributed by atoms with van der Waals surface area (Å²) in [6, 6.07) is 0.316. The summed E-state index contributed by atoms with van der Waals surface area (Å²) in [5, 5.41) is 10.1. The fraction of sp³-hybridized carbons (Fsp3) is 0.368. The van der Waals surface area contributed by atoms with Crippen LogP contribution in [-0.4, -0.2) is 47.6 Å². The van der Waals surface area contributed by atoms with Gasteiger partial charge in [0.25, 0.3) is 5.91 Å². The number of carboxylic acid groups (broad SMARTS) is 1. The molecular formula is C19H16ClF4NO5S. The van der Waals surface area contributed by atoms with Gasteiger partial charge in [0.15, 0.2) is 5.06 Å². The largest absolute Gasteiger partial charge is 0.496 e. The highest BCUT2D eigenvalue weighted by Gasteiger charge is 2.45. The molecule has 1 aliphatic heterocycles. The Hall–Kier alpha value is -2.53. The number of carboxylic acids is 1. The number of fused-ring (bicyclic) bond motifs is 1. The van der Waals surface area contributed by atoms with E-state index in [0.717, 1.165) is 6.07 Å². The fourth-order valence-corrected chi connectivity index (χ4v) is 4.65. The van der Waals surface area contributed by atoms with Crippen LogP contribution in [0.4, 0.5) is 17.6 Å². The number of carbonyl (C=O) groups excluding carboxylic acids is 1. The summed E-state index contributed by atoms with van der Waals surface area (Å²) in [7, 11) is 1.41. The minimum absolute atomic E-state index is 0.0713. The van der Waals surface area contributed by atoms with Gasteiger partial charge in [0.1, 0.15) is 5.76 Å². The molecule has 168 valence electrons. The predicted molar refractivity (Wildman–Crippen MR) is 103 cm³/mol. The van der Waals surface area contributed by atoms with E-state index >= 15 is 0 Å². The summed E-state index contributed by atoms with van der Waals surface area (Å²) in [5.41, 5.74) is 1.04. The molecule has 1 aliphatic carbocycles. The molecular weight excluding hydrogens is 466 g/mol. The van der Waals surface area contributed by atoms with E-state index in [-0.39, 0.29) is 17.0 Å². The number of thiophene rings is 1. The van der Waals surface area contributed by atoms with Gasteiger partial charge in [-0.25, -0.2) is 0 Å². The Bertz CT molecular complexity index is 1020. The molecule has 31 heavy (non-hydrogen) atoms. The summed E-state index contributed by atoms with van der Waals surface area (Å²) >= 11 is 6.96. The van der Waals surface area contributed by atoms with Crippen LogP contribution in [0.2, 0.25) is 0 Å². The molecule has 0 fully saturated rings. The first kappa shape index (κ1) is 23.1. The minimum Gasteiger partial charge on any atom is -0.496 e. The van der Waals surface area contributed by atoms with Gasteiger partial charge in [-0.2, -0.15) is 17.6 Å². The normalized spacial score (nSPS) is 19.0. The number of hydrogen-bond acceptors (Lipinski definition) is 5. The molecule has 1 amide bonds. The molecule has 0 saturated heterocycles. The second-order valence-electron chi connectivity index (χ2n) is 6.68. The Morgan fingerprint density at radius 2 is 2.10 bits per heavy atom. The topological polar surface area (TPSA) is 76.1 Å². The first-order valence-electron chi connectivity index (χ1n) is 8.81. The predicted octanol–water partition coefficient (Wildman–Crippen LogP) is 4.98. The lowest BCUT2D eigenvalue weighted by Gasteiger charge is -2.29. The van der Waals surface area contributed by atoms with E-state index < -0.39 is 41.9 Å². The van der Waals surface area contributed by atoms with Crippen molar-refractivity contribution in [3.05, 3.63) is 50.7 Å². The van der Waals surface area contributed by atoms with Gasteiger partial charge < -0.3 is 19.5 Å². The number of carbonyl (C=O) groups is 2. The Labute approximate surface area is 183 Å². The molecule has 0 radical (unpaired) electrons. The summed E-state index contributed by atoms with van der Waals surface area (Å²) in [6.45, 7) is 1.55. The van der Waals surface area contributed by atoms with E-state index in [1.165, 1.54) is 17.4 Å². The third-order valence-electron chi connectivity index (χ3n) is 4.83. The highest BCUT2D eigenvalue weighted by molar-refractivity contribution is 7.12. The van der Waals surface area contributed by atoms with Gasteiger partial charge in [0, 0.05) is 22.7 Å². The minimum atomic E-state index is -4.70. The molecule has 0 aromatic carbocycles. The molecule has 0 saturated carbocycles. The highest BCUT2D eigenvalue weighted by atomic mass is 35.5. The van der Waals surface area contributed by atoms with Crippen molar-refractivity contribution < 1.29 is 41.7 Å². The number of aliphatic carboxylic acids is 1. The quantitative estimate of drug-likeness (QED) is 0.556. The number of ether oxygens (including phenoxy) is 2. The van der Waals surface area contributed by atoms with Gasteiger partial charge in [-0.1, -0.05) is 11.6 Å². The molecule has 1 aromatic heterocycles. The smallest absolute Gasteiger partial charge is 0.461 e. The molecule has 1 N–H and O–H groups in total. The van der Waals surface area contributed by atoms with Gasteiger partial charge >= 0.3 is 18.5 Å². The van der Waals surface area contributed by atoms with Crippen LogP contribution in [0.15, 0.2) is 45.2 Å². The standard InChI is InChI=1S/C19H16ClF4NO5S/c1-8-10(6-13(26)27)15-11(3-4-12(29-2)16(15)20)25(8)17(28)9-5-14(31-7-9)30-19(23,24)18(21)22/h4-5,7,11,18H,3,6H2,1-2H3,(H,26,27). The van der Waals surface area contributed by atoms with E-state index in [1.54, 1.807) is 13.0 Å². The number of allylic oxidation sites excluding steroid dienone is 2. The molecule has 2 aliphatic rings. The zero-order valence-electron chi connectivity index (χ0n) is 16.1. The number of methoxy groups -OCH3 is 1. The third-order valence-corrected chi connectivity index (χ3v) is 6.02. The summed E-state index contributed by atoms with van der Waals surface area (Å²) in [5.74, 6) is -1.42. The molecule has 2 heterocycles. The molecule has 3 rings (SSSR count). The molecule has 0 spiro atoms. The Morgan fingerprint density at radius 1 is 1.42 bits per heavy atom. The first-order valence-corrected chi connectivity index (χ1v) is 10.1. The summed E-state index contributed by atoms with van der Waals surface area (Å²) in [4.78, 5) is 25.8. The molecule has 6 nitrogen and oxygen atoms in total. The van der Waals surface area contributed by atoms with E-state index in [2.05, 4.69) is 4.74 Å². The SMILES string of the molecule is COC1=CCC2C(=C1Cl)C(CC(=O)O)=C(C)N2C(=O)c1csc(OC(F)(F)C(F)F)c1. The second kappa shape index (κ2) is 8.54. The third kappa shape index (κ3) is 4.29. The van der Waals surface area contributed by atoms with Crippen molar-refractivity contribution in [1.29, 1.82) is 0 Å². The van der Waals surface area contributed by atoms with E-state index in [9.17, 15) is 32.3 Å². The fourth-order valence-electron chi connectivity index (χ4n) is 3.49. The number of hydrogen-bond donors (Lipinski definition) is 1. The van der Waals surface area contributed by atoms with Crippen LogP contribution in [-0.2, 0) is 9.53 Å². The monoisotopic (exact) mass is 481 g/mol. The van der Waals surface area contributed by atoms with Crippen LogP contribution in [0.5, 0.6) is 5.06 Å². The van der Waals surface area contributed by atoms with E-state index in [4.69, 9.17) is 16.3 Å². The lowest BCUT2D eigenvalue weighted by molar-refractivity contribution is -0.251. The Balaban J connectivity index is 1.96. The average Bonchev–Trinajstić information content (AvgIpc) is 3.24. The molecule has 1 unspecified atom stereocenters. The van der Waals surface area contributed by atoms with Gasteiger partial charge in [-0.05, 0) is 25.0 Å². The van der Waals surface area contributed by atoms with Crippen molar-refractivity contribution in [1.82, 2.24) is 4.90 Å². The van der Waals surface area contributed by atoms with Crippen molar-refractivity contribution in [2.45, 2.75) is 38.3 Å². The van der Waals surface area contributed by atoms with Crippen LogP contribution in [0.3, 0.4) is 0 Å². The number of rotatable bonds is 7. The van der Waals surface area contributed by atoms with Crippen LogP contribution in [0, 0.1) is 0 Å². The van der Waals surface area contributed by atoms with E-state index in [0.29, 0.717) is 33.9 Å². The van der Waals surface area contributed by atoms with E-state index in [1.807, 2.05) is 0 Å². The average molecular weight is 482 g/mol. The number of alkyl halides is 4. The zero-order valence-corrected chi connectivity index (χ0v) is 17.7. The van der Waals surface area contributed by atoms with Gasteiger partial charge in [0.2, 0.25) is 0 Å². The zero-order chi connectivity index (χ0) is 23.1. The van der Waals surface area contributed by atoms with Crippen LogP contribution in [0.1, 0.15) is 30.1 Å². The number of amides is 1. The maximum atomic E-state index is 13.2. The summed E-state index contributed by atoms with van der Waals surface area (Å²) < 4.78 is 60.2. The van der Waals surface area contributed by atoms with Crippen LogP contribution in [0.25, 0.3) is 0 Å². The van der Waals surface area contributed by atoms with Crippen molar-refractivity contribution in [3.63, 3.8) is 0 Å². The second-order valence-corrected chi connectivity index (χ2v) is 7.93. The Morgan fingerprint density at radius 3 is 2.68 bits per heavy atom. The lowest BCUT2D eigenvalue weighted by atomic mass is 9.92. The first-order chi connectivity index (χ1) is 14.5. The lowest BCUT2D eigenvalue weighted by Crippen LogP contribution is -2.37. The maximum absolute atomic E-state index is 13.2. The summed E-state index contributed by atoms with van der Waals surface area (Å²) in [6.07, 6.45) is -7.20. The molecule has 1 atom stereocenters. The van der Waals surface area contributed by atoms with Crippen molar-refractivity contribution in [2.75, 3.05) is 7.11 Å². The molecule has 1 aromatic rings. The van der Waals surface area contributed by atoms with Crippen LogP contribution < -0.4 is 4.74 Å². The Kier molecular flexibility index (Phi) is 6.38. The number of nitrogens with zero attached hydrogens (tertiary/aromatic N) is 1. The van der Waals surface area contributed by atoms with Crippen molar-refractivity contribution in [2.24, 2.45) is 0 Å². The van der Waals surface area contributed by atoms with Gasteiger partial charge in [-0.3, -0.25) is 9.59 Å². The van der Waals surface area contributed by atoms with Gasteiger partial charge in [-0.15, -0.1) is 11.3 Å². The van der Waals surface area contributed by atoms with Crippen molar-refractivity contribution >= 4 is 34.8 Å². The van der Waals surface area contributed by atoms with Gasteiger partial charge in [0.05, 0.1) is 30.2 Å². The maximum Gasteiger partial charge on any atom is 0.461 e. The molecule has 0 bridgehead atoms. The van der Waals surface area contributed by atoms with Crippen molar-refractivity contribution in [3.8, 4) is 5.06 Å².